The van der Waals surface area contributed by atoms with Gasteiger partial charge in [0.1, 0.15) is 5.82 Å². The van der Waals surface area contributed by atoms with Gasteiger partial charge in [-0.1, -0.05) is 25.4 Å². The minimum Gasteiger partial charge on any atom is -0.355 e. The van der Waals surface area contributed by atoms with Crippen LogP contribution >= 0.6 is 11.6 Å². The van der Waals surface area contributed by atoms with E-state index in [1.807, 2.05) is 12.3 Å². The minimum absolute atomic E-state index is 0.486. The molecule has 1 aromatic rings. The highest BCUT2D eigenvalue weighted by atomic mass is 35.5. The van der Waals surface area contributed by atoms with Gasteiger partial charge in [-0.15, -0.1) is 0 Å². The first kappa shape index (κ1) is 11.7. The van der Waals surface area contributed by atoms with Crippen molar-refractivity contribution in [3.63, 3.8) is 0 Å². The Balaban J connectivity index is 2.22. The van der Waals surface area contributed by atoms with Crippen LogP contribution in [0.25, 0.3) is 0 Å². The van der Waals surface area contributed by atoms with Crippen LogP contribution in [0.4, 0.5) is 5.82 Å². The summed E-state index contributed by atoms with van der Waals surface area (Å²) < 4.78 is 0. The van der Waals surface area contributed by atoms with Crippen molar-refractivity contribution < 1.29 is 0 Å². The Morgan fingerprint density at radius 1 is 1.44 bits per heavy atom. The molecule has 2 rings (SSSR count). The summed E-state index contributed by atoms with van der Waals surface area (Å²) in [6.45, 7) is 7.10. The summed E-state index contributed by atoms with van der Waals surface area (Å²) in [5.74, 6) is 2.30. The van der Waals surface area contributed by atoms with E-state index < -0.39 is 0 Å². The number of nitrogens with two attached hydrogens (primary N) is 1. The Labute approximate surface area is 102 Å². The second kappa shape index (κ2) is 4.60. The van der Waals surface area contributed by atoms with Gasteiger partial charge in [-0.3, -0.25) is 0 Å². The number of pyridine rings is 1. The predicted octanol–water partition coefficient (Wildman–Crippen LogP) is 2.29. The standard InChI is InChI=1S/C12H18ClN3/c1-8-6-16(7-9(8)2)12-11(13)3-10(4-14)5-15-12/h3,5,8-9H,4,6-7,14H2,1-2H3. The summed E-state index contributed by atoms with van der Waals surface area (Å²) in [7, 11) is 0. The summed E-state index contributed by atoms with van der Waals surface area (Å²) in [4.78, 5) is 6.68. The first-order valence-electron chi connectivity index (χ1n) is 5.71. The maximum Gasteiger partial charge on any atom is 0.147 e. The van der Waals surface area contributed by atoms with Crippen LogP contribution in [-0.2, 0) is 6.54 Å². The average molecular weight is 240 g/mol. The molecule has 2 N–H and O–H groups in total. The quantitative estimate of drug-likeness (QED) is 0.861. The van der Waals surface area contributed by atoms with E-state index >= 15 is 0 Å². The zero-order valence-electron chi connectivity index (χ0n) is 9.78. The van der Waals surface area contributed by atoms with Crippen LogP contribution in [0.15, 0.2) is 12.3 Å². The Kier molecular flexibility index (Phi) is 3.36. The maximum absolute atomic E-state index is 6.22. The van der Waals surface area contributed by atoms with E-state index in [0.717, 1.165) is 24.5 Å². The molecule has 1 fully saturated rings. The summed E-state index contributed by atoms with van der Waals surface area (Å²) in [5.41, 5.74) is 6.53. The average Bonchev–Trinajstić information content (AvgIpc) is 2.58. The predicted molar refractivity (Wildman–Crippen MR) is 67.7 cm³/mol. The van der Waals surface area contributed by atoms with E-state index in [2.05, 4.69) is 23.7 Å². The lowest BCUT2D eigenvalue weighted by Crippen LogP contribution is -2.21. The highest BCUT2D eigenvalue weighted by Gasteiger charge is 2.27. The summed E-state index contributed by atoms with van der Waals surface area (Å²) in [5, 5.41) is 0.712. The number of hydrogen-bond acceptors (Lipinski definition) is 3. The van der Waals surface area contributed by atoms with E-state index in [4.69, 9.17) is 17.3 Å². The van der Waals surface area contributed by atoms with Crippen molar-refractivity contribution in [2.24, 2.45) is 17.6 Å². The number of hydrogen-bond donors (Lipinski definition) is 1. The third kappa shape index (κ3) is 2.15. The van der Waals surface area contributed by atoms with Crippen LogP contribution in [0.1, 0.15) is 19.4 Å². The molecule has 0 bridgehead atoms. The lowest BCUT2D eigenvalue weighted by molar-refractivity contribution is 0.494. The second-order valence-electron chi connectivity index (χ2n) is 4.71. The molecule has 2 heterocycles. The lowest BCUT2D eigenvalue weighted by Gasteiger charge is -2.18. The van der Waals surface area contributed by atoms with Crippen LogP contribution in [0, 0.1) is 11.8 Å². The van der Waals surface area contributed by atoms with Crippen molar-refractivity contribution in [3.8, 4) is 0 Å². The molecule has 1 aromatic heterocycles. The van der Waals surface area contributed by atoms with Crippen LogP contribution < -0.4 is 10.6 Å². The van der Waals surface area contributed by atoms with E-state index in [1.54, 1.807) is 0 Å². The molecule has 16 heavy (non-hydrogen) atoms. The van der Waals surface area contributed by atoms with Gasteiger partial charge >= 0.3 is 0 Å². The fourth-order valence-corrected chi connectivity index (χ4v) is 2.43. The Morgan fingerprint density at radius 2 is 2.06 bits per heavy atom. The minimum atomic E-state index is 0.486. The van der Waals surface area contributed by atoms with Crippen LogP contribution in [0.3, 0.4) is 0 Å². The monoisotopic (exact) mass is 239 g/mol. The number of anilines is 1. The van der Waals surface area contributed by atoms with Gasteiger partial charge in [0.25, 0.3) is 0 Å². The Morgan fingerprint density at radius 3 is 2.56 bits per heavy atom. The molecule has 3 nitrogen and oxygen atoms in total. The smallest absolute Gasteiger partial charge is 0.147 e. The summed E-state index contributed by atoms with van der Waals surface area (Å²) in [6, 6.07) is 1.91. The molecule has 0 spiro atoms. The lowest BCUT2D eigenvalue weighted by atomic mass is 10.0. The van der Waals surface area contributed by atoms with Gasteiger partial charge in [-0.2, -0.15) is 0 Å². The molecular weight excluding hydrogens is 222 g/mol. The first-order chi connectivity index (χ1) is 7.61. The zero-order valence-corrected chi connectivity index (χ0v) is 10.5. The topological polar surface area (TPSA) is 42.2 Å². The van der Waals surface area contributed by atoms with Gasteiger partial charge in [0.05, 0.1) is 5.02 Å². The van der Waals surface area contributed by atoms with E-state index in [9.17, 15) is 0 Å². The summed E-state index contributed by atoms with van der Waals surface area (Å²) in [6.07, 6.45) is 1.81. The van der Waals surface area contributed by atoms with Gasteiger partial charge in [-0.05, 0) is 23.5 Å². The van der Waals surface area contributed by atoms with Gasteiger partial charge in [0.2, 0.25) is 0 Å². The molecule has 0 amide bonds. The molecule has 0 aromatic carbocycles. The van der Waals surface area contributed by atoms with E-state index in [-0.39, 0.29) is 0 Å². The molecular formula is C12H18ClN3. The zero-order chi connectivity index (χ0) is 11.7. The molecule has 2 atom stereocenters. The molecule has 4 heteroatoms. The second-order valence-corrected chi connectivity index (χ2v) is 5.12. The highest BCUT2D eigenvalue weighted by Crippen LogP contribution is 2.31. The highest BCUT2D eigenvalue weighted by molar-refractivity contribution is 6.33. The fourth-order valence-electron chi connectivity index (χ4n) is 2.12. The molecule has 0 saturated carbocycles. The number of nitrogens with zero attached hydrogens (tertiary/aromatic N) is 2. The third-order valence-corrected chi connectivity index (χ3v) is 3.68. The normalized spacial score (nSPS) is 25.1. The largest absolute Gasteiger partial charge is 0.355 e. The molecule has 88 valence electrons. The Bertz CT molecular complexity index is 371. The number of rotatable bonds is 2. The summed E-state index contributed by atoms with van der Waals surface area (Å²) >= 11 is 6.22. The van der Waals surface area contributed by atoms with Crippen molar-refractivity contribution >= 4 is 17.4 Å². The molecule has 0 radical (unpaired) electrons. The maximum atomic E-state index is 6.22. The fraction of sp³-hybridized carbons (Fsp3) is 0.583. The van der Waals surface area contributed by atoms with Gasteiger partial charge in [0, 0.05) is 25.8 Å². The van der Waals surface area contributed by atoms with Crippen molar-refractivity contribution in [3.05, 3.63) is 22.8 Å². The van der Waals surface area contributed by atoms with E-state index in [1.165, 1.54) is 0 Å². The first-order valence-corrected chi connectivity index (χ1v) is 6.09. The van der Waals surface area contributed by atoms with Gasteiger partial charge < -0.3 is 10.6 Å². The molecule has 1 saturated heterocycles. The van der Waals surface area contributed by atoms with Crippen LogP contribution in [0.2, 0.25) is 5.02 Å². The number of aromatic nitrogens is 1. The molecule has 1 aliphatic rings. The van der Waals surface area contributed by atoms with Crippen molar-refractivity contribution in [1.82, 2.24) is 4.98 Å². The molecule has 0 aliphatic carbocycles. The van der Waals surface area contributed by atoms with Crippen molar-refractivity contribution in [1.29, 1.82) is 0 Å². The van der Waals surface area contributed by atoms with Crippen LogP contribution in [-0.4, -0.2) is 18.1 Å². The van der Waals surface area contributed by atoms with Crippen molar-refractivity contribution in [2.75, 3.05) is 18.0 Å². The van der Waals surface area contributed by atoms with Gasteiger partial charge in [-0.25, -0.2) is 4.98 Å². The van der Waals surface area contributed by atoms with Gasteiger partial charge in [0.15, 0.2) is 0 Å². The Hall–Kier alpha value is -0.800. The van der Waals surface area contributed by atoms with E-state index in [0.29, 0.717) is 23.4 Å². The molecule has 2 unspecified atom stereocenters. The third-order valence-electron chi connectivity index (χ3n) is 3.40. The molecule has 1 aliphatic heterocycles. The number of halogens is 1. The SMILES string of the molecule is CC1CN(c2ncc(CN)cc2Cl)CC1C. The van der Waals surface area contributed by atoms with Crippen molar-refractivity contribution in [2.45, 2.75) is 20.4 Å². The van der Waals surface area contributed by atoms with Crippen LogP contribution in [0.5, 0.6) is 0 Å².